The lowest BCUT2D eigenvalue weighted by Crippen LogP contribution is -2.40. The van der Waals surface area contributed by atoms with Crippen molar-refractivity contribution in [2.24, 2.45) is 5.41 Å². The molecule has 92 valence electrons. The van der Waals surface area contributed by atoms with Gasteiger partial charge in [-0.2, -0.15) is 0 Å². The van der Waals surface area contributed by atoms with Crippen molar-refractivity contribution in [2.45, 2.75) is 26.2 Å². The standard InChI is InChI=1S/C15H21NO/c1-15(13-17)8-11-16(12-9-15)10-7-14-5-3-2-4-6-14/h2-6,13H,7-12H2,1H3. The largest absolute Gasteiger partial charge is 0.303 e. The number of hydrogen-bond acceptors (Lipinski definition) is 2. The first-order chi connectivity index (χ1) is 8.22. The highest BCUT2D eigenvalue weighted by Crippen LogP contribution is 2.28. The molecule has 17 heavy (non-hydrogen) atoms. The fraction of sp³-hybridized carbons (Fsp3) is 0.533. The number of piperidine rings is 1. The monoisotopic (exact) mass is 231 g/mol. The maximum Gasteiger partial charge on any atom is 0.125 e. The predicted molar refractivity (Wildman–Crippen MR) is 70.0 cm³/mol. The molecule has 0 bridgehead atoms. The first-order valence-corrected chi connectivity index (χ1v) is 6.44. The first kappa shape index (κ1) is 12.3. The van der Waals surface area contributed by atoms with Crippen LogP contribution >= 0.6 is 0 Å². The molecule has 1 aromatic rings. The lowest BCUT2D eigenvalue weighted by molar-refractivity contribution is -0.117. The molecule has 0 N–H and O–H groups in total. The van der Waals surface area contributed by atoms with Crippen LogP contribution in [0.5, 0.6) is 0 Å². The second-order valence-corrected chi connectivity index (χ2v) is 5.35. The molecule has 0 aromatic heterocycles. The van der Waals surface area contributed by atoms with Crippen LogP contribution in [0.2, 0.25) is 0 Å². The van der Waals surface area contributed by atoms with Crippen LogP contribution in [-0.4, -0.2) is 30.8 Å². The van der Waals surface area contributed by atoms with Gasteiger partial charge in [0.05, 0.1) is 0 Å². The third-order valence-electron chi connectivity index (χ3n) is 3.84. The van der Waals surface area contributed by atoms with E-state index in [1.54, 1.807) is 0 Å². The minimum Gasteiger partial charge on any atom is -0.303 e. The van der Waals surface area contributed by atoms with Gasteiger partial charge in [0, 0.05) is 12.0 Å². The van der Waals surface area contributed by atoms with Crippen LogP contribution in [0.25, 0.3) is 0 Å². The maximum absolute atomic E-state index is 10.9. The Kier molecular flexibility index (Phi) is 3.95. The quantitative estimate of drug-likeness (QED) is 0.742. The van der Waals surface area contributed by atoms with Gasteiger partial charge in [-0.25, -0.2) is 0 Å². The van der Waals surface area contributed by atoms with Crippen LogP contribution in [0.3, 0.4) is 0 Å². The number of hydrogen-bond donors (Lipinski definition) is 0. The summed E-state index contributed by atoms with van der Waals surface area (Å²) in [7, 11) is 0. The highest BCUT2D eigenvalue weighted by molar-refractivity contribution is 5.58. The van der Waals surface area contributed by atoms with Gasteiger partial charge in [-0.15, -0.1) is 0 Å². The molecule has 0 amide bonds. The molecule has 1 saturated heterocycles. The summed E-state index contributed by atoms with van der Waals surface area (Å²) in [5.74, 6) is 0. The van der Waals surface area contributed by atoms with Crippen LogP contribution in [0.1, 0.15) is 25.3 Å². The summed E-state index contributed by atoms with van der Waals surface area (Å²) in [6.45, 7) is 5.30. The van der Waals surface area contributed by atoms with E-state index >= 15 is 0 Å². The smallest absolute Gasteiger partial charge is 0.125 e. The van der Waals surface area contributed by atoms with Crippen LogP contribution in [0.15, 0.2) is 30.3 Å². The van der Waals surface area contributed by atoms with Crippen molar-refractivity contribution < 1.29 is 4.79 Å². The average molecular weight is 231 g/mol. The molecule has 2 rings (SSSR count). The Morgan fingerprint density at radius 2 is 1.88 bits per heavy atom. The van der Waals surface area contributed by atoms with Gasteiger partial charge in [-0.1, -0.05) is 37.3 Å². The molecule has 0 unspecified atom stereocenters. The van der Waals surface area contributed by atoms with Crippen molar-refractivity contribution in [1.82, 2.24) is 4.90 Å². The van der Waals surface area contributed by atoms with Gasteiger partial charge >= 0.3 is 0 Å². The van der Waals surface area contributed by atoms with Crippen LogP contribution < -0.4 is 0 Å². The van der Waals surface area contributed by atoms with Gasteiger partial charge in [0.2, 0.25) is 0 Å². The SMILES string of the molecule is CC1(C=O)CCN(CCc2ccccc2)CC1. The number of nitrogens with zero attached hydrogens (tertiary/aromatic N) is 1. The zero-order valence-corrected chi connectivity index (χ0v) is 10.6. The number of benzene rings is 1. The van der Waals surface area contributed by atoms with E-state index < -0.39 is 0 Å². The van der Waals surface area contributed by atoms with Crippen molar-refractivity contribution in [3.05, 3.63) is 35.9 Å². The fourth-order valence-electron chi connectivity index (χ4n) is 2.34. The third kappa shape index (κ3) is 3.40. The van der Waals surface area contributed by atoms with Gasteiger partial charge in [0.15, 0.2) is 0 Å². The van der Waals surface area contributed by atoms with Crippen LogP contribution in [-0.2, 0) is 11.2 Å². The van der Waals surface area contributed by atoms with E-state index in [0.29, 0.717) is 0 Å². The van der Waals surface area contributed by atoms with Gasteiger partial charge in [0.25, 0.3) is 0 Å². The van der Waals surface area contributed by atoms with E-state index in [0.717, 1.165) is 45.2 Å². The summed E-state index contributed by atoms with van der Waals surface area (Å²) in [5, 5.41) is 0. The highest BCUT2D eigenvalue weighted by atomic mass is 16.1. The normalized spacial score (nSPS) is 20.1. The molecule has 0 spiro atoms. The van der Waals surface area contributed by atoms with Crippen LogP contribution in [0.4, 0.5) is 0 Å². The Labute approximate surface area is 104 Å². The maximum atomic E-state index is 10.9. The number of rotatable bonds is 4. The summed E-state index contributed by atoms with van der Waals surface area (Å²) in [6.07, 6.45) is 4.26. The summed E-state index contributed by atoms with van der Waals surface area (Å²) >= 11 is 0. The molecule has 1 aliphatic rings. The van der Waals surface area contributed by atoms with Gasteiger partial charge < -0.3 is 9.69 Å². The Balaban J connectivity index is 1.77. The zero-order chi connectivity index (χ0) is 12.1. The zero-order valence-electron chi connectivity index (χ0n) is 10.6. The highest BCUT2D eigenvalue weighted by Gasteiger charge is 2.29. The molecule has 2 heteroatoms. The lowest BCUT2D eigenvalue weighted by Gasteiger charge is -2.35. The summed E-state index contributed by atoms with van der Waals surface area (Å²) in [6, 6.07) is 10.6. The molecule has 0 saturated carbocycles. The van der Waals surface area contributed by atoms with E-state index in [2.05, 4.69) is 42.2 Å². The third-order valence-corrected chi connectivity index (χ3v) is 3.84. The molecule has 0 aliphatic carbocycles. The second-order valence-electron chi connectivity index (χ2n) is 5.35. The first-order valence-electron chi connectivity index (χ1n) is 6.44. The van der Waals surface area contributed by atoms with Crippen molar-refractivity contribution in [2.75, 3.05) is 19.6 Å². The molecule has 0 atom stereocenters. The number of carbonyl (C=O) groups excluding carboxylic acids is 1. The number of aldehydes is 1. The Morgan fingerprint density at radius 1 is 1.24 bits per heavy atom. The van der Waals surface area contributed by atoms with Crippen LogP contribution in [0, 0.1) is 5.41 Å². The minimum absolute atomic E-state index is 0.0662. The topological polar surface area (TPSA) is 20.3 Å². The van der Waals surface area contributed by atoms with Crippen molar-refractivity contribution >= 4 is 6.29 Å². The second kappa shape index (κ2) is 5.46. The van der Waals surface area contributed by atoms with E-state index in [1.807, 2.05) is 0 Å². The van der Waals surface area contributed by atoms with E-state index in [-0.39, 0.29) is 5.41 Å². The molecule has 2 nitrogen and oxygen atoms in total. The lowest BCUT2D eigenvalue weighted by atomic mass is 9.82. The van der Waals surface area contributed by atoms with E-state index in [1.165, 1.54) is 5.56 Å². The van der Waals surface area contributed by atoms with E-state index in [9.17, 15) is 4.79 Å². The Morgan fingerprint density at radius 3 is 2.47 bits per heavy atom. The van der Waals surface area contributed by atoms with Crippen molar-refractivity contribution in [3.8, 4) is 0 Å². The summed E-state index contributed by atoms with van der Waals surface area (Å²) in [5.41, 5.74) is 1.33. The summed E-state index contributed by atoms with van der Waals surface area (Å²) in [4.78, 5) is 13.4. The Bertz CT molecular complexity index is 352. The minimum atomic E-state index is -0.0662. The molecular weight excluding hydrogens is 210 g/mol. The van der Waals surface area contributed by atoms with Crippen molar-refractivity contribution in [1.29, 1.82) is 0 Å². The van der Waals surface area contributed by atoms with Gasteiger partial charge in [-0.05, 0) is 37.9 Å². The molecule has 1 aliphatic heterocycles. The predicted octanol–water partition coefficient (Wildman–Crippen LogP) is 2.53. The van der Waals surface area contributed by atoms with E-state index in [4.69, 9.17) is 0 Å². The molecular formula is C15H21NO. The molecule has 1 heterocycles. The average Bonchev–Trinajstić information content (AvgIpc) is 2.39. The fourth-order valence-corrected chi connectivity index (χ4v) is 2.34. The number of likely N-dealkylation sites (tertiary alicyclic amines) is 1. The molecule has 0 radical (unpaired) electrons. The Hall–Kier alpha value is -1.15. The molecule has 1 aromatic carbocycles. The number of carbonyl (C=O) groups is 1. The molecule has 1 fully saturated rings. The summed E-state index contributed by atoms with van der Waals surface area (Å²) < 4.78 is 0. The van der Waals surface area contributed by atoms with Gasteiger partial charge in [0.1, 0.15) is 6.29 Å². The van der Waals surface area contributed by atoms with Gasteiger partial charge in [-0.3, -0.25) is 0 Å². The van der Waals surface area contributed by atoms with Crippen molar-refractivity contribution in [3.63, 3.8) is 0 Å².